The van der Waals surface area contributed by atoms with E-state index in [2.05, 4.69) is 10.5 Å². The number of carbonyl (C=O) groups is 2. The number of ether oxygens (including phenoxy) is 2. The smallest absolute Gasteiger partial charge is 0.345 e. The van der Waals surface area contributed by atoms with Crippen LogP contribution in [0, 0.1) is 6.92 Å². The quantitative estimate of drug-likeness (QED) is 0.758. The number of esters is 1. The molecule has 0 aromatic carbocycles. The Morgan fingerprint density at radius 2 is 2.32 bits per heavy atom. The number of hydrogen-bond acceptors (Lipinski definition) is 6. The highest BCUT2D eigenvalue weighted by molar-refractivity contribution is 5.84. The predicted octanol–water partition coefficient (Wildman–Crippen LogP) is 0.572. The summed E-state index contributed by atoms with van der Waals surface area (Å²) in [6.07, 6.45) is 1.15. The van der Waals surface area contributed by atoms with Gasteiger partial charge in [-0.05, 0) is 31.8 Å². The summed E-state index contributed by atoms with van der Waals surface area (Å²) < 4.78 is 14.8. The van der Waals surface area contributed by atoms with Gasteiger partial charge < -0.3 is 19.3 Å². The van der Waals surface area contributed by atoms with Crippen molar-refractivity contribution in [2.45, 2.75) is 38.8 Å². The van der Waals surface area contributed by atoms with Gasteiger partial charge in [-0.2, -0.15) is 0 Å². The summed E-state index contributed by atoms with van der Waals surface area (Å²) in [7, 11) is 0. The van der Waals surface area contributed by atoms with Crippen LogP contribution in [0.4, 0.5) is 0 Å². The fourth-order valence-electron chi connectivity index (χ4n) is 1.38. The van der Waals surface area contributed by atoms with Gasteiger partial charge in [0.05, 0.1) is 0 Å². The molecule has 7 heteroatoms. The van der Waals surface area contributed by atoms with Crippen LogP contribution < -0.4 is 10.1 Å². The lowest BCUT2D eigenvalue weighted by molar-refractivity contribution is -0.156. The maximum Gasteiger partial charge on any atom is 0.345 e. The number of aryl methyl sites for hydroxylation is 1. The Labute approximate surface area is 110 Å². The number of aromatic nitrogens is 1. The Morgan fingerprint density at radius 1 is 1.58 bits per heavy atom. The van der Waals surface area contributed by atoms with Crippen LogP contribution in [0.25, 0.3) is 0 Å². The molecule has 19 heavy (non-hydrogen) atoms. The molecule has 1 aliphatic carbocycles. The summed E-state index contributed by atoms with van der Waals surface area (Å²) in [6.45, 7) is 2.92. The van der Waals surface area contributed by atoms with E-state index in [1.807, 2.05) is 0 Å². The third-order valence-electron chi connectivity index (χ3n) is 2.55. The van der Waals surface area contributed by atoms with Crippen LogP contribution in [0.5, 0.6) is 5.88 Å². The molecule has 1 fully saturated rings. The number of rotatable bonds is 6. The van der Waals surface area contributed by atoms with Crippen LogP contribution >= 0.6 is 0 Å². The Kier molecular flexibility index (Phi) is 4.03. The van der Waals surface area contributed by atoms with E-state index in [9.17, 15) is 9.59 Å². The molecule has 1 amide bonds. The van der Waals surface area contributed by atoms with Crippen molar-refractivity contribution in [3.63, 3.8) is 0 Å². The third-order valence-corrected chi connectivity index (χ3v) is 2.55. The second kappa shape index (κ2) is 5.73. The van der Waals surface area contributed by atoms with Gasteiger partial charge in [-0.3, -0.25) is 4.79 Å². The molecule has 1 atom stereocenters. The fraction of sp³-hybridized carbons (Fsp3) is 0.583. The number of amides is 1. The molecule has 0 radical (unpaired) electrons. The Bertz CT molecular complexity index is 466. The minimum Gasteiger partial charge on any atom is -0.463 e. The first-order valence-electron chi connectivity index (χ1n) is 6.10. The molecule has 1 saturated carbocycles. The van der Waals surface area contributed by atoms with Gasteiger partial charge in [0.1, 0.15) is 5.76 Å². The number of nitrogens with zero attached hydrogens (tertiary/aromatic N) is 1. The van der Waals surface area contributed by atoms with Gasteiger partial charge in [0, 0.05) is 12.1 Å². The van der Waals surface area contributed by atoms with Gasteiger partial charge in [0.15, 0.2) is 12.7 Å². The van der Waals surface area contributed by atoms with Crippen LogP contribution in [-0.4, -0.2) is 35.8 Å². The van der Waals surface area contributed by atoms with E-state index in [0.717, 1.165) is 12.8 Å². The highest BCUT2D eigenvalue weighted by Gasteiger charge is 2.27. The zero-order valence-electron chi connectivity index (χ0n) is 10.8. The van der Waals surface area contributed by atoms with Crippen molar-refractivity contribution in [3.8, 4) is 5.88 Å². The molecule has 0 unspecified atom stereocenters. The molecule has 1 aliphatic rings. The Balaban J connectivity index is 1.69. The molecule has 1 aromatic heterocycles. The molecule has 0 spiro atoms. The average Bonchev–Trinajstić information content (AvgIpc) is 3.07. The first-order chi connectivity index (χ1) is 9.04. The van der Waals surface area contributed by atoms with E-state index in [1.165, 1.54) is 6.92 Å². The van der Waals surface area contributed by atoms with Gasteiger partial charge in [-0.1, -0.05) is 0 Å². The van der Waals surface area contributed by atoms with Crippen LogP contribution in [0.2, 0.25) is 0 Å². The number of hydrogen-bond donors (Lipinski definition) is 1. The van der Waals surface area contributed by atoms with Crippen molar-refractivity contribution >= 4 is 11.9 Å². The second-order valence-electron chi connectivity index (χ2n) is 4.48. The van der Waals surface area contributed by atoms with Gasteiger partial charge in [0.2, 0.25) is 0 Å². The zero-order chi connectivity index (χ0) is 13.8. The Morgan fingerprint density at radius 3 is 2.89 bits per heavy atom. The molecule has 104 valence electrons. The normalized spacial score (nSPS) is 15.7. The monoisotopic (exact) mass is 268 g/mol. The summed E-state index contributed by atoms with van der Waals surface area (Å²) in [4.78, 5) is 23.0. The lowest BCUT2D eigenvalue weighted by Crippen LogP contribution is -2.37. The average molecular weight is 268 g/mol. The van der Waals surface area contributed by atoms with Gasteiger partial charge in [-0.25, -0.2) is 4.79 Å². The summed E-state index contributed by atoms with van der Waals surface area (Å²) >= 11 is 0. The fourth-order valence-corrected chi connectivity index (χ4v) is 1.38. The molecule has 1 N–H and O–H groups in total. The minimum atomic E-state index is -0.823. The van der Waals surface area contributed by atoms with Crippen molar-refractivity contribution < 1.29 is 23.6 Å². The Hall–Kier alpha value is -2.05. The third kappa shape index (κ3) is 4.27. The predicted molar refractivity (Wildman–Crippen MR) is 63.5 cm³/mol. The summed E-state index contributed by atoms with van der Waals surface area (Å²) in [5.74, 6) is -0.114. The SMILES string of the molecule is Cc1cc(OCC(=O)O[C@@H](C)C(=O)NC2CC2)no1. The maximum atomic E-state index is 11.6. The summed E-state index contributed by atoms with van der Waals surface area (Å²) in [5.41, 5.74) is 0. The largest absolute Gasteiger partial charge is 0.463 e. The standard InChI is InChI=1S/C12H16N2O5/c1-7-5-10(14-19-7)17-6-11(15)18-8(2)12(16)13-9-3-4-9/h5,8-9H,3-4,6H2,1-2H3,(H,13,16)/t8-/m0/s1. The lowest BCUT2D eigenvalue weighted by atomic mass is 10.3. The minimum absolute atomic E-state index is 0.213. The van der Waals surface area contributed by atoms with Crippen LogP contribution in [0.3, 0.4) is 0 Å². The van der Waals surface area contributed by atoms with Crippen molar-refractivity contribution in [1.82, 2.24) is 10.5 Å². The molecule has 0 bridgehead atoms. The molecule has 2 rings (SSSR count). The molecule has 0 aliphatic heterocycles. The zero-order valence-corrected chi connectivity index (χ0v) is 10.8. The number of carbonyl (C=O) groups excluding carboxylic acids is 2. The first-order valence-corrected chi connectivity index (χ1v) is 6.10. The van der Waals surface area contributed by atoms with E-state index in [4.69, 9.17) is 14.0 Å². The summed E-state index contributed by atoms with van der Waals surface area (Å²) in [6, 6.07) is 1.79. The van der Waals surface area contributed by atoms with Gasteiger partial charge in [-0.15, -0.1) is 0 Å². The van der Waals surface area contributed by atoms with E-state index in [-0.39, 0.29) is 24.4 Å². The molecular weight excluding hydrogens is 252 g/mol. The van der Waals surface area contributed by atoms with E-state index >= 15 is 0 Å². The molecule has 1 heterocycles. The molecule has 7 nitrogen and oxygen atoms in total. The summed E-state index contributed by atoms with van der Waals surface area (Å²) in [5, 5.41) is 6.32. The van der Waals surface area contributed by atoms with Crippen LogP contribution in [0.15, 0.2) is 10.6 Å². The number of nitrogens with one attached hydrogen (secondary N) is 1. The highest BCUT2D eigenvalue weighted by Crippen LogP contribution is 2.18. The molecular formula is C12H16N2O5. The second-order valence-corrected chi connectivity index (χ2v) is 4.48. The van der Waals surface area contributed by atoms with E-state index in [1.54, 1.807) is 13.0 Å². The first kappa shape index (κ1) is 13.4. The van der Waals surface area contributed by atoms with Crippen LogP contribution in [-0.2, 0) is 14.3 Å². The van der Waals surface area contributed by atoms with Crippen molar-refractivity contribution in [3.05, 3.63) is 11.8 Å². The van der Waals surface area contributed by atoms with E-state index < -0.39 is 12.1 Å². The maximum absolute atomic E-state index is 11.6. The highest BCUT2D eigenvalue weighted by atomic mass is 16.6. The topological polar surface area (TPSA) is 90.7 Å². The van der Waals surface area contributed by atoms with Gasteiger partial charge in [0.25, 0.3) is 11.8 Å². The van der Waals surface area contributed by atoms with Crippen LogP contribution in [0.1, 0.15) is 25.5 Å². The van der Waals surface area contributed by atoms with Crippen molar-refractivity contribution in [2.75, 3.05) is 6.61 Å². The van der Waals surface area contributed by atoms with E-state index in [0.29, 0.717) is 5.76 Å². The lowest BCUT2D eigenvalue weighted by Gasteiger charge is -2.12. The van der Waals surface area contributed by atoms with Crippen molar-refractivity contribution in [2.24, 2.45) is 0 Å². The van der Waals surface area contributed by atoms with Gasteiger partial charge >= 0.3 is 5.97 Å². The molecule has 1 aromatic rings. The molecule has 0 saturated heterocycles. The van der Waals surface area contributed by atoms with Crippen molar-refractivity contribution in [1.29, 1.82) is 0 Å².